The van der Waals surface area contributed by atoms with E-state index in [1.54, 1.807) is 13.8 Å². The Morgan fingerprint density at radius 2 is 1.50 bits per heavy atom. The molecule has 10 heteroatoms. The minimum Gasteiger partial charge on any atom is -0.480 e. The predicted molar refractivity (Wildman–Crippen MR) is 101 cm³/mol. The van der Waals surface area contributed by atoms with Gasteiger partial charge in [-0.2, -0.15) is 12.6 Å². The fourth-order valence-electron chi connectivity index (χ4n) is 2.19. The monoisotopic (exact) mass is 390 g/mol. The van der Waals surface area contributed by atoms with Crippen molar-refractivity contribution in [1.82, 2.24) is 16.0 Å². The second kappa shape index (κ2) is 11.7. The maximum Gasteiger partial charge on any atom is 0.326 e. The first-order valence-electron chi connectivity index (χ1n) is 8.47. The van der Waals surface area contributed by atoms with E-state index in [0.717, 1.165) is 0 Å². The minimum atomic E-state index is -1.16. The average molecular weight is 391 g/mol. The molecule has 0 spiro atoms. The molecule has 0 aliphatic rings. The second-order valence-corrected chi connectivity index (χ2v) is 7.13. The molecule has 0 radical (unpaired) electrons. The van der Waals surface area contributed by atoms with Crippen molar-refractivity contribution >= 4 is 36.3 Å². The Morgan fingerprint density at radius 1 is 0.962 bits per heavy atom. The SMILES string of the molecule is CC(C)CC(NC(=O)CN)C(=O)NC(CS)C(=O)NC(C(=O)O)C(C)C. The van der Waals surface area contributed by atoms with Crippen LogP contribution in [0.4, 0.5) is 0 Å². The fourth-order valence-corrected chi connectivity index (χ4v) is 2.45. The van der Waals surface area contributed by atoms with Crippen LogP contribution in [0.1, 0.15) is 34.1 Å². The molecular weight excluding hydrogens is 360 g/mol. The van der Waals surface area contributed by atoms with Gasteiger partial charge in [0.2, 0.25) is 17.7 Å². The third-order valence-corrected chi connectivity index (χ3v) is 3.96. The molecule has 0 aliphatic heterocycles. The van der Waals surface area contributed by atoms with Gasteiger partial charge in [-0.15, -0.1) is 0 Å². The Balaban J connectivity index is 5.07. The highest BCUT2D eigenvalue weighted by Gasteiger charge is 2.30. The molecule has 0 heterocycles. The Bertz CT molecular complexity index is 513. The first-order chi connectivity index (χ1) is 12.0. The maximum atomic E-state index is 12.5. The van der Waals surface area contributed by atoms with E-state index in [4.69, 9.17) is 10.8 Å². The number of carboxylic acids is 1. The van der Waals surface area contributed by atoms with Crippen molar-refractivity contribution in [2.75, 3.05) is 12.3 Å². The Labute approximate surface area is 159 Å². The van der Waals surface area contributed by atoms with Crippen LogP contribution in [0, 0.1) is 11.8 Å². The number of carboxylic acid groups (broad SMARTS) is 1. The average Bonchev–Trinajstić information content (AvgIpc) is 2.55. The number of hydrogen-bond donors (Lipinski definition) is 6. The number of hydrogen-bond acceptors (Lipinski definition) is 6. The molecule has 0 fully saturated rings. The van der Waals surface area contributed by atoms with E-state index in [1.807, 2.05) is 13.8 Å². The van der Waals surface area contributed by atoms with Gasteiger partial charge in [-0.1, -0.05) is 27.7 Å². The van der Waals surface area contributed by atoms with Crippen molar-refractivity contribution in [2.45, 2.75) is 52.2 Å². The molecule has 3 unspecified atom stereocenters. The summed E-state index contributed by atoms with van der Waals surface area (Å²) in [5.41, 5.74) is 5.26. The standard InChI is InChI=1S/C16H30N4O5S/c1-8(2)5-10(18-12(21)6-17)14(22)19-11(7-26)15(23)20-13(9(3)4)16(24)25/h8-11,13,26H,5-7,17H2,1-4H3,(H,18,21)(H,19,22)(H,20,23)(H,24,25). The van der Waals surface area contributed by atoms with Gasteiger partial charge in [0, 0.05) is 5.75 Å². The molecule has 3 atom stereocenters. The summed E-state index contributed by atoms with van der Waals surface area (Å²) < 4.78 is 0. The highest BCUT2D eigenvalue weighted by Crippen LogP contribution is 2.07. The molecule has 0 saturated heterocycles. The van der Waals surface area contributed by atoms with Crippen LogP contribution in [0.2, 0.25) is 0 Å². The molecule has 9 nitrogen and oxygen atoms in total. The van der Waals surface area contributed by atoms with Crippen LogP contribution >= 0.6 is 12.6 Å². The summed E-state index contributed by atoms with van der Waals surface area (Å²) in [7, 11) is 0. The van der Waals surface area contributed by atoms with Crippen LogP contribution < -0.4 is 21.7 Å². The van der Waals surface area contributed by atoms with Crippen LogP contribution in [0.5, 0.6) is 0 Å². The van der Waals surface area contributed by atoms with Crippen LogP contribution in [-0.2, 0) is 19.2 Å². The van der Waals surface area contributed by atoms with Crippen molar-refractivity contribution in [3.63, 3.8) is 0 Å². The highest BCUT2D eigenvalue weighted by atomic mass is 32.1. The van der Waals surface area contributed by atoms with Crippen molar-refractivity contribution < 1.29 is 24.3 Å². The van der Waals surface area contributed by atoms with Gasteiger partial charge in [-0.3, -0.25) is 14.4 Å². The van der Waals surface area contributed by atoms with E-state index < -0.39 is 41.8 Å². The largest absolute Gasteiger partial charge is 0.480 e. The quantitative estimate of drug-likeness (QED) is 0.252. The number of aliphatic carboxylic acids is 1. The van der Waals surface area contributed by atoms with Gasteiger partial charge in [-0.05, 0) is 18.3 Å². The first-order valence-corrected chi connectivity index (χ1v) is 9.10. The smallest absolute Gasteiger partial charge is 0.326 e. The summed E-state index contributed by atoms with van der Waals surface area (Å²) in [5, 5.41) is 16.6. The topological polar surface area (TPSA) is 151 Å². The highest BCUT2D eigenvalue weighted by molar-refractivity contribution is 7.80. The summed E-state index contributed by atoms with van der Waals surface area (Å²) in [4.78, 5) is 47.5. The van der Waals surface area contributed by atoms with Crippen LogP contribution in [0.15, 0.2) is 0 Å². The molecule has 6 N–H and O–H groups in total. The van der Waals surface area contributed by atoms with Crippen molar-refractivity contribution in [1.29, 1.82) is 0 Å². The maximum absolute atomic E-state index is 12.5. The number of amides is 3. The third-order valence-electron chi connectivity index (χ3n) is 3.59. The zero-order valence-electron chi connectivity index (χ0n) is 15.6. The van der Waals surface area contributed by atoms with Crippen LogP contribution in [0.3, 0.4) is 0 Å². The summed E-state index contributed by atoms with van der Waals surface area (Å²) in [6.07, 6.45) is 0.363. The van der Waals surface area contributed by atoms with Gasteiger partial charge in [-0.25, -0.2) is 4.79 Å². The second-order valence-electron chi connectivity index (χ2n) is 6.77. The van der Waals surface area contributed by atoms with E-state index in [-0.39, 0.29) is 24.1 Å². The molecule has 0 aromatic rings. The first kappa shape index (κ1) is 24.2. The zero-order chi connectivity index (χ0) is 20.4. The zero-order valence-corrected chi connectivity index (χ0v) is 16.5. The van der Waals surface area contributed by atoms with Gasteiger partial charge >= 0.3 is 5.97 Å². The fraction of sp³-hybridized carbons (Fsp3) is 0.750. The van der Waals surface area contributed by atoms with Crippen molar-refractivity contribution in [3.8, 4) is 0 Å². The molecule has 150 valence electrons. The van der Waals surface area contributed by atoms with E-state index >= 15 is 0 Å². The van der Waals surface area contributed by atoms with Crippen LogP contribution in [0.25, 0.3) is 0 Å². The lowest BCUT2D eigenvalue weighted by atomic mass is 10.0. The molecule has 26 heavy (non-hydrogen) atoms. The number of carbonyl (C=O) groups excluding carboxylic acids is 3. The van der Waals surface area contributed by atoms with Gasteiger partial charge in [0.15, 0.2) is 0 Å². The number of carbonyl (C=O) groups is 4. The van der Waals surface area contributed by atoms with Gasteiger partial charge in [0.25, 0.3) is 0 Å². The number of nitrogens with one attached hydrogen (secondary N) is 3. The normalized spacial score (nSPS) is 14.5. The Morgan fingerprint density at radius 3 is 1.88 bits per heavy atom. The molecule has 0 saturated carbocycles. The molecule has 0 bridgehead atoms. The van der Waals surface area contributed by atoms with Crippen molar-refractivity contribution in [2.24, 2.45) is 17.6 Å². The molecule has 0 aliphatic carbocycles. The predicted octanol–water partition coefficient (Wildman–Crippen LogP) is -0.884. The summed E-state index contributed by atoms with van der Waals surface area (Å²) in [6, 6.07) is -2.96. The summed E-state index contributed by atoms with van der Waals surface area (Å²) in [6.45, 7) is 6.84. The van der Waals surface area contributed by atoms with Crippen LogP contribution in [-0.4, -0.2) is 59.2 Å². The van der Waals surface area contributed by atoms with E-state index in [1.165, 1.54) is 0 Å². The lowest BCUT2D eigenvalue weighted by Gasteiger charge is -2.25. The molecule has 0 aromatic heterocycles. The van der Waals surface area contributed by atoms with E-state index in [0.29, 0.717) is 6.42 Å². The number of thiol groups is 1. The number of rotatable bonds is 11. The number of nitrogens with two attached hydrogens (primary N) is 1. The minimum absolute atomic E-state index is 0.0265. The lowest BCUT2D eigenvalue weighted by Crippen LogP contribution is -2.57. The van der Waals surface area contributed by atoms with Crippen molar-refractivity contribution in [3.05, 3.63) is 0 Å². The lowest BCUT2D eigenvalue weighted by molar-refractivity contribution is -0.143. The van der Waals surface area contributed by atoms with E-state index in [9.17, 15) is 19.2 Å². The Hall–Kier alpha value is -1.81. The molecular formula is C16H30N4O5S. The molecule has 0 rings (SSSR count). The third kappa shape index (κ3) is 8.52. The van der Waals surface area contributed by atoms with Gasteiger partial charge in [0.05, 0.1) is 6.54 Å². The summed E-state index contributed by atoms with van der Waals surface area (Å²) >= 11 is 4.05. The van der Waals surface area contributed by atoms with Gasteiger partial charge in [0.1, 0.15) is 18.1 Å². The Kier molecular flexibility index (Phi) is 10.9. The van der Waals surface area contributed by atoms with E-state index in [2.05, 4.69) is 28.6 Å². The summed E-state index contributed by atoms with van der Waals surface area (Å²) in [5.74, 6) is -3.08. The van der Waals surface area contributed by atoms with Gasteiger partial charge < -0.3 is 26.8 Å². The molecule has 3 amide bonds. The molecule has 0 aromatic carbocycles.